The quantitative estimate of drug-likeness (QED) is 0.679. The minimum Gasteiger partial charge on any atom is -0.457 e. The summed E-state index contributed by atoms with van der Waals surface area (Å²) in [5.74, 6) is -0.272. The first-order chi connectivity index (χ1) is 11.2. The zero-order chi connectivity index (χ0) is 17.9. The molecule has 1 aliphatic heterocycles. The number of rotatable bonds is 4. The molecular weight excluding hydrogens is 304 g/mol. The maximum absolute atomic E-state index is 12.4. The molecule has 0 saturated carbocycles. The van der Waals surface area contributed by atoms with E-state index >= 15 is 0 Å². The van der Waals surface area contributed by atoms with Gasteiger partial charge in [-0.3, -0.25) is 0 Å². The molecule has 1 heterocycles. The summed E-state index contributed by atoms with van der Waals surface area (Å²) in [5, 5.41) is 2.82. The number of carbonyl (C=O) groups excluding carboxylic acids is 2. The third-order valence-electron chi connectivity index (χ3n) is 3.67. The van der Waals surface area contributed by atoms with Crippen molar-refractivity contribution >= 4 is 12.0 Å². The van der Waals surface area contributed by atoms with E-state index in [9.17, 15) is 9.59 Å². The molecule has 1 fully saturated rings. The fourth-order valence-electron chi connectivity index (χ4n) is 2.81. The number of benzene rings is 1. The highest BCUT2D eigenvalue weighted by atomic mass is 16.6. The summed E-state index contributed by atoms with van der Waals surface area (Å²) in [5.41, 5.74) is 1.09. The predicted molar refractivity (Wildman–Crippen MR) is 93.1 cm³/mol. The van der Waals surface area contributed by atoms with Gasteiger partial charge in [-0.05, 0) is 32.3 Å². The maximum Gasteiger partial charge on any atom is 0.333 e. The van der Waals surface area contributed by atoms with E-state index in [1.54, 1.807) is 4.90 Å². The molecule has 5 nitrogen and oxygen atoms in total. The van der Waals surface area contributed by atoms with Crippen molar-refractivity contribution in [3.8, 4) is 0 Å². The molecule has 0 aliphatic carbocycles. The molecule has 1 saturated heterocycles. The highest BCUT2D eigenvalue weighted by Crippen LogP contribution is 2.26. The Labute approximate surface area is 143 Å². The van der Waals surface area contributed by atoms with Gasteiger partial charge in [0.1, 0.15) is 5.60 Å². The van der Waals surface area contributed by atoms with E-state index in [-0.39, 0.29) is 18.0 Å². The summed E-state index contributed by atoms with van der Waals surface area (Å²) in [6, 6.07) is 9.45. The van der Waals surface area contributed by atoms with Gasteiger partial charge >= 0.3 is 12.0 Å². The van der Waals surface area contributed by atoms with Crippen molar-refractivity contribution in [1.29, 1.82) is 0 Å². The molecule has 5 heteroatoms. The number of hydrogen-bond donors (Lipinski definition) is 1. The molecule has 0 aromatic heterocycles. The first-order valence-electron chi connectivity index (χ1n) is 8.23. The number of carbonyl (C=O) groups is 2. The normalized spacial score (nSPS) is 19.8. The van der Waals surface area contributed by atoms with Crippen LogP contribution in [0.2, 0.25) is 0 Å². The molecule has 0 bridgehead atoms. The van der Waals surface area contributed by atoms with Crippen LogP contribution in [0.4, 0.5) is 4.79 Å². The largest absolute Gasteiger partial charge is 0.457 e. The summed E-state index contributed by atoms with van der Waals surface area (Å²) in [4.78, 5) is 26.2. The van der Waals surface area contributed by atoms with Gasteiger partial charge in [0.2, 0.25) is 0 Å². The van der Waals surface area contributed by atoms with Crippen LogP contribution >= 0.6 is 0 Å². The van der Waals surface area contributed by atoms with Gasteiger partial charge in [0.05, 0.1) is 6.04 Å². The Kier molecular flexibility index (Phi) is 5.32. The Morgan fingerprint density at radius 2 is 1.92 bits per heavy atom. The third-order valence-corrected chi connectivity index (χ3v) is 3.67. The average molecular weight is 330 g/mol. The fourth-order valence-corrected chi connectivity index (χ4v) is 2.81. The van der Waals surface area contributed by atoms with Crippen LogP contribution in [0.25, 0.3) is 0 Å². The first kappa shape index (κ1) is 18.0. The zero-order valence-electron chi connectivity index (χ0n) is 15.0. The second-order valence-corrected chi connectivity index (χ2v) is 7.37. The minimum atomic E-state index is -0.562. The monoisotopic (exact) mass is 330 g/mol. The van der Waals surface area contributed by atoms with E-state index in [1.807, 2.05) is 65.0 Å². The standard InChI is InChI=1S/C19H26N2O3/c1-13(2)17-15(11-16(22)24-19(3,4)5)20-18(23)21(17)12-14-9-7-6-8-10-14/h6-11,13,17H,12H2,1-5H3,(H,20,23)/b15-11-/t17-/m0/s1. The molecular formula is C19H26N2O3. The molecule has 1 aromatic rings. The van der Waals surface area contributed by atoms with Gasteiger partial charge in [-0.25, -0.2) is 9.59 Å². The molecule has 0 spiro atoms. The molecule has 1 aliphatic rings. The molecule has 0 radical (unpaired) electrons. The highest BCUT2D eigenvalue weighted by Gasteiger charge is 2.37. The number of ether oxygens (including phenoxy) is 1. The Morgan fingerprint density at radius 3 is 2.46 bits per heavy atom. The Morgan fingerprint density at radius 1 is 1.29 bits per heavy atom. The lowest BCUT2D eigenvalue weighted by molar-refractivity contribution is -0.148. The SMILES string of the molecule is CC(C)[C@H]1/C(=C/C(=O)OC(C)(C)C)NC(=O)N1Cc1ccccc1. The van der Waals surface area contributed by atoms with Gasteiger partial charge in [0, 0.05) is 18.3 Å². The van der Waals surface area contributed by atoms with Gasteiger partial charge in [-0.15, -0.1) is 0 Å². The second kappa shape index (κ2) is 7.07. The van der Waals surface area contributed by atoms with Crippen LogP contribution in [-0.4, -0.2) is 28.5 Å². The van der Waals surface area contributed by atoms with Crippen molar-refractivity contribution in [2.75, 3.05) is 0 Å². The van der Waals surface area contributed by atoms with Crippen molar-refractivity contribution in [2.45, 2.75) is 52.8 Å². The number of amides is 2. The Hall–Kier alpha value is -2.30. The van der Waals surface area contributed by atoms with Crippen molar-refractivity contribution in [1.82, 2.24) is 10.2 Å². The van der Waals surface area contributed by atoms with Crippen LogP contribution in [0.5, 0.6) is 0 Å². The number of nitrogens with one attached hydrogen (secondary N) is 1. The lowest BCUT2D eigenvalue weighted by Crippen LogP contribution is -2.36. The van der Waals surface area contributed by atoms with Gasteiger partial charge < -0.3 is 15.0 Å². The first-order valence-corrected chi connectivity index (χ1v) is 8.23. The van der Waals surface area contributed by atoms with Crippen LogP contribution in [0.1, 0.15) is 40.2 Å². The van der Waals surface area contributed by atoms with Crippen LogP contribution in [-0.2, 0) is 16.1 Å². The molecule has 1 aromatic carbocycles. The Balaban J connectivity index is 2.22. The van der Waals surface area contributed by atoms with E-state index in [2.05, 4.69) is 5.32 Å². The van der Waals surface area contributed by atoms with Crippen LogP contribution in [0.3, 0.4) is 0 Å². The topological polar surface area (TPSA) is 58.6 Å². The lowest BCUT2D eigenvalue weighted by Gasteiger charge is -2.27. The minimum absolute atomic E-state index is 0.168. The maximum atomic E-state index is 12.4. The highest BCUT2D eigenvalue weighted by molar-refractivity contribution is 5.87. The van der Waals surface area contributed by atoms with E-state index in [0.29, 0.717) is 12.2 Å². The van der Waals surface area contributed by atoms with Gasteiger partial charge in [-0.2, -0.15) is 0 Å². The van der Waals surface area contributed by atoms with Crippen LogP contribution < -0.4 is 5.32 Å². The van der Waals surface area contributed by atoms with Crippen molar-refractivity contribution in [3.05, 3.63) is 47.7 Å². The van der Waals surface area contributed by atoms with Crippen molar-refractivity contribution in [3.63, 3.8) is 0 Å². The Bertz CT molecular complexity index is 630. The molecule has 2 rings (SSSR count). The zero-order valence-corrected chi connectivity index (χ0v) is 15.0. The summed E-state index contributed by atoms with van der Waals surface area (Å²) in [6.45, 7) is 10.0. The fraction of sp³-hybridized carbons (Fsp3) is 0.474. The molecule has 130 valence electrons. The van der Waals surface area contributed by atoms with E-state index in [4.69, 9.17) is 4.74 Å². The van der Waals surface area contributed by atoms with Crippen LogP contribution in [0.15, 0.2) is 42.1 Å². The molecule has 2 amide bonds. The lowest BCUT2D eigenvalue weighted by atomic mass is 10.00. The number of hydrogen-bond acceptors (Lipinski definition) is 3. The molecule has 0 unspecified atom stereocenters. The molecule has 24 heavy (non-hydrogen) atoms. The summed E-state index contributed by atoms with van der Waals surface area (Å²) >= 11 is 0. The second-order valence-electron chi connectivity index (χ2n) is 7.37. The van der Waals surface area contributed by atoms with Gasteiger partial charge in [0.25, 0.3) is 0 Å². The van der Waals surface area contributed by atoms with Crippen LogP contribution in [0, 0.1) is 5.92 Å². The smallest absolute Gasteiger partial charge is 0.333 e. The van der Waals surface area contributed by atoms with E-state index in [1.165, 1.54) is 6.08 Å². The summed E-state index contributed by atoms with van der Waals surface area (Å²) in [7, 11) is 0. The van der Waals surface area contributed by atoms with Crippen molar-refractivity contribution in [2.24, 2.45) is 5.92 Å². The van der Waals surface area contributed by atoms with E-state index < -0.39 is 11.6 Å². The molecule has 1 atom stereocenters. The summed E-state index contributed by atoms with van der Waals surface area (Å²) < 4.78 is 5.33. The number of esters is 1. The van der Waals surface area contributed by atoms with Gasteiger partial charge in [-0.1, -0.05) is 44.2 Å². The average Bonchev–Trinajstić information content (AvgIpc) is 2.73. The summed E-state index contributed by atoms with van der Waals surface area (Å²) in [6.07, 6.45) is 1.40. The van der Waals surface area contributed by atoms with Gasteiger partial charge in [0.15, 0.2) is 0 Å². The molecule has 1 N–H and O–H groups in total. The predicted octanol–water partition coefficient (Wildman–Crippen LogP) is 3.46. The number of nitrogens with zero attached hydrogens (tertiary/aromatic N) is 1. The van der Waals surface area contributed by atoms with E-state index in [0.717, 1.165) is 5.56 Å². The third kappa shape index (κ3) is 4.60. The number of urea groups is 1. The van der Waals surface area contributed by atoms with Crippen molar-refractivity contribution < 1.29 is 14.3 Å².